The Morgan fingerprint density at radius 2 is 0.962 bits per heavy atom. The molecule has 2 heteroatoms. The summed E-state index contributed by atoms with van der Waals surface area (Å²) >= 11 is 3.52. The van der Waals surface area contributed by atoms with Crippen LogP contribution in [0.25, 0.3) is 55.3 Å². The highest BCUT2D eigenvalue weighted by molar-refractivity contribution is 9.10. The number of halogens is 1. The van der Waals surface area contributed by atoms with Gasteiger partial charge in [-0.1, -0.05) is 137 Å². The fraction of sp³-hybridized carbons (Fsp3) is 0.0588. The number of nitrogens with zero attached hydrogens (tertiary/aromatic N) is 1. The number of hydrogen-bond donors (Lipinski definition) is 0. The van der Waals surface area contributed by atoms with Crippen molar-refractivity contribution < 1.29 is 0 Å². The smallest absolute Gasteiger partial charge is 0.107 e. The summed E-state index contributed by atoms with van der Waals surface area (Å²) in [7, 11) is 0. The average Bonchev–Trinajstić information content (AvgIpc) is 3.97. The van der Waals surface area contributed by atoms with Gasteiger partial charge in [-0.2, -0.15) is 0 Å². The fourth-order valence-corrected chi connectivity index (χ4v) is 8.92. The summed E-state index contributed by atoms with van der Waals surface area (Å²) in [5.74, 6) is 0. The summed E-state index contributed by atoms with van der Waals surface area (Å²) in [5, 5.41) is 2.62. The predicted molar refractivity (Wildman–Crippen MR) is 225 cm³/mol. The number of rotatable bonds is 1. The maximum absolute atomic E-state index is 3.52. The Morgan fingerprint density at radius 1 is 0.453 bits per heavy atom. The molecule has 0 bridgehead atoms. The molecule has 0 fully saturated rings. The van der Waals surface area contributed by atoms with E-state index < -0.39 is 0 Å². The topological polar surface area (TPSA) is 4.93 Å². The van der Waals surface area contributed by atoms with E-state index >= 15 is 0 Å². The van der Waals surface area contributed by atoms with E-state index in [1.165, 1.54) is 94.3 Å². The first kappa shape index (κ1) is 31.7. The largest absolute Gasteiger partial charge is 0.309 e. The van der Waals surface area contributed by atoms with Crippen molar-refractivity contribution in [3.8, 4) is 27.9 Å². The molecule has 1 heterocycles. The van der Waals surface area contributed by atoms with E-state index in [1.807, 2.05) is 6.08 Å². The number of aromatic nitrogens is 1. The van der Waals surface area contributed by atoms with Gasteiger partial charge in [0.05, 0.1) is 28.3 Å². The molecule has 1 nitrogen and oxygen atoms in total. The van der Waals surface area contributed by atoms with Crippen molar-refractivity contribution in [3.63, 3.8) is 0 Å². The van der Waals surface area contributed by atoms with Crippen LogP contribution in [0.5, 0.6) is 0 Å². The zero-order chi connectivity index (χ0) is 35.3. The number of fused-ring (bicyclic) bond motifs is 11. The van der Waals surface area contributed by atoms with Gasteiger partial charge < -0.3 is 4.57 Å². The lowest BCUT2D eigenvalue weighted by molar-refractivity contribution is 1.17. The summed E-state index contributed by atoms with van der Waals surface area (Å²) in [6.07, 6.45) is 12.6. The van der Waals surface area contributed by atoms with Crippen LogP contribution in [0.3, 0.4) is 0 Å². The lowest BCUT2D eigenvalue weighted by Crippen LogP contribution is -1.94. The van der Waals surface area contributed by atoms with Crippen LogP contribution in [0.15, 0.2) is 186 Å². The van der Waals surface area contributed by atoms with Crippen molar-refractivity contribution in [1.82, 2.24) is 4.57 Å². The second kappa shape index (κ2) is 13.2. The van der Waals surface area contributed by atoms with Crippen LogP contribution in [-0.4, -0.2) is 4.57 Å². The van der Waals surface area contributed by atoms with Gasteiger partial charge in [-0.15, -0.1) is 0 Å². The van der Waals surface area contributed by atoms with Gasteiger partial charge in [0.1, 0.15) is 12.2 Å². The summed E-state index contributed by atoms with van der Waals surface area (Å²) < 4.78 is 3.55. The highest BCUT2D eigenvalue weighted by Crippen LogP contribution is 2.40. The normalized spacial score (nSPS) is 13.5. The molecule has 12 rings (SSSR count). The molecule has 1 aromatic heterocycles. The van der Waals surface area contributed by atoms with Crippen molar-refractivity contribution in [1.29, 1.82) is 0 Å². The molecule has 4 aliphatic rings. The summed E-state index contributed by atoms with van der Waals surface area (Å²) in [6, 6.07) is 56.8. The van der Waals surface area contributed by atoms with E-state index in [1.54, 1.807) is 0 Å². The quantitative estimate of drug-likeness (QED) is 0.148. The number of allylic oxidation sites excluding steroid dienone is 6. The zero-order valence-electron chi connectivity index (χ0n) is 29.2. The third-order valence-corrected chi connectivity index (χ3v) is 11.5. The Labute approximate surface area is 319 Å². The molecule has 53 heavy (non-hydrogen) atoms. The fourth-order valence-electron chi connectivity index (χ4n) is 8.56. The number of para-hydroxylation sites is 2. The van der Waals surface area contributed by atoms with Crippen molar-refractivity contribution >= 4 is 43.3 Å². The van der Waals surface area contributed by atoms with Crippen LogP contribution < -0.4 is 0 Å². The molecule has 0 unspecified atom stereocenters. The Bertz CT molecular complexity index is 2770. The summed E-state index contributed by atoms with van der Waals surface area (Å²) in [4.78, 5) is 0. The monoisotopic (exact) mass is 740 g/mol. The van der Waals surface area contributed by atoms with Crippen molar-refractivity contribution in [2.24, 2.45) is 0 Å². The Hall–Kier alpha value is -6.05. The van der Waals surface area contributed by atoms with Crippen LogP contribution >= 0.6 is 15.9 Å². The maximum atomic E-state index is 3.52. The minimum absolute atomic E-state index is 1.04. The molecule has 0 N–H and O–H groups in total. The summed E-state index contributed by atoms with van der Waals surface area (Å²) in [6.45, 7) is 0. The van der Waals surface area contributed by atoms with Crippen LogP contribution in [0.1, 0.15) is 33.4 Å². The Balaban J connectivity index is 0.000000109. The van der Waals surface area contributed by atoms with Gasteiger partial charge in [0.2, 0.25) is 0 Å². The SMILES string of the molecule is Brc1ccc2c(c1)-c1ccccc1C2.[C+]1=CC2=C(C=C1)c1ccccc1C2.c1ccc2c(c1)Cc1ccc(-n3c4ccccc4c4ccccc43)cc1-2. The Morgan fingerprint density at radius 3 is 1.62 bits per heavy atom. The number of benzene rings is 7. The van der Waals surface area contributed by atoms with Crippen molar-refractivity contribution in [2.45, 2.75) is 19.3 Å². The molecule has 0 aliphatic heterocycles. The minimum Gasteiger partial charge on any atom is -0.309 e. The lowest BCUT2D eigenvalue weighted by atomic mass is 10.0. The molecule has 0 amide bonds. The zero-order valence-corrected chi connectivity index (χ0v) is 30.8. The second-order valence-electron chi connectivity index (χ2n) is 14.1. The summed E-state index contributed by atoms with van der Waals surface area (Å²) in [5.41, 5.74) is 20.7. The Kier molecular flexibility index (Phi) is 7.87. The van der Waals surface area contributed by atoms with Crippen LogP contribution in [-0.2, 0) is 19.3 Å². The van der Waals surface area contributed by atoms with Gasteiger partial charge >= 0.3 is 0 Å². The molecule has 0 atom stereocenters. The van der Waals surface area contributed by atoms with Crippen molar-refractivity contribution in [3.05, 3.63) is 225 Å². The van der Waals surface area contributed by atoms with Gasteiger partial charge in [-0.3, -0.25) is 0 Å². The van der Waals surface area contributed by atoms with Gasteiger partial charge in [0.25, 0.3) is 0 Å². The molecule has 250 valence electrons. The number of hydrogen-bond acceptors (Lipinski definition) is 0. The first-order chi connectivity index (χ1) is 26.2. The molecular weight excluding hydrogens is 706 g/mol. The molecule has 0 spiro atoms. The van der Waals surface area contributed by atoms with E-state index in [2.05, 4.69) is 196 Å². The molecule has 7 aromatic carbocycles. The van der Waals surface area contributed by atoms with Crippen LogP contribution in [0, 0.1) is 6.08 Å². The highest BCUT2D eigenvalue weighted by atomic mass is 79.9. The molecule has 4 aliphatic carbocycles. The van der Waals surface area contributed by atoms with Gasteiger partial charge in [0, 0.05) is 39.0 Å². The van der Waals surface area contributed by atoms with Gasteiger partial charge in [-0.25, -0.2) is 0 Å². The average molecular weight is 742 g/mol. The van der Waals surface area contributed by atoms with E-state index in [-0.39, 0.29) is 0 Å². The van der Waals surface area contributed by atoms with Gasteiger partial charge in [0.15, 0.2) is 0 Å². The van der Waals surface area contributed by atoms with Crippen LogP contribution in [0.2, 0.25) is 0 Å². The molecule has 0 saturated carbocycles. The molecule has 0 saturated heterocycles. The standard InChI is InChI=1S/C25H17N.C13H9Br.C13H9/c1-2-8-20-17(7-1)15-18-13-14-19(16-23(18)20)26-24-11-5-3-9-21(24)22-10-4-6-12-25(22)26;14-11-6-5-10-7-9-3-1-2-4-12(9)13(10)8-11;1-3-7-12-10(5-1)9-11-6-2-4-8-13(11)12/h1-14,16H,15H2;1-6,8H,7H2;1,3-8H,9H2/q;;+1. The lowest BCUT2D eigenvalue weighted by Gasteiger charge is -2.10. The van der Waals surface area contributed by atoms with E-state index in [4.69, 9.17) is 0 Å². The highest BCUT2D eigenvalue weighted by Gasteiger charge is 2.25. The third kappa shape index (κ3) is 5.60. The minimum atomic E-state index is 1.04. The maximum Gasteiger partial charge on any atom is 0.107 e. The molecule has 0 radical (unpaired) electrons. The third-order valence-electron chi connectivity index (χ3n) is 11.0. The first-order valence-corrected chi connectivity index (χ1v) is 19.1. The predicted octanol–water partition coefficient (Wildman–Crippen LogP) is 13.3. The van der Waals surface area contributed by atoms with E-state index in [0.29, 0.717) is 0 Å². The molecular formula is C51H35BrN+. The van der Waals surface area contributed by atoms with Crippen LogP contribution in [0.4, 0.5) is 0 Å². The van der Waals surface area contributed by atoms with E-state index in [0.717, 1.165) is 23.7 Å². The first-order valence-electron chi connectivity index (χ1n) is 18.3. The second-order valence-corrected chi connectivity index (χ2v) is 15.0. The van der Waals surface area contributed by atoms with E-state index in [9.17, 15) is 0 Å². The van der Waals surface area contributed by atoms with Crippen molar-refractivity contribution in [2.75, 3.05) is 0 Å². The van der Waals surface area contributed by atoms with Gasteiger partial charge in [-0.05, 0) is 99.3 Å². The molecule has 8 aromatic rings.